The third-order valence-electron chi connectivity index (χ3n) is 9.19. The molecule has 0 heterocycles. The van der Waals surface area contributed by atoms with Crippen molar-refractivity contribution in [2.75, 3.05) is 6.61 Å². The number of allylic oxidation sites excluding steroid dienone is 3. The van der Waals surface area contributed by atoms with Gasteiger partial charge in [-0.2, -0.15) is 0 Å². The predicted octanol–water partition coefficient (Wildman–Crippen LogP) is 6.81. The summed E-state index contributed by atoms with van der Waals surface area (Å²) in [6.45, 7) is 13.9. The predicted molar refractivity (Wildman–Crippen MR) is 135 cm³/mol. The molecule has 2 saturated carbocycles. The lowest BCUT2D eigenvalue weighted by Crippen LogP contribution is -2.39. The summed E-state index contributed by atoms with van der Waals surface area (Å²) >= 11 is 0. The highest BCUT2D eigenvalue weighted by Gasteiger charge is 2.42. The van der Waals surface area contributed by atoms with Crippen molar-refractivity contribution >= 4 is 0 Å². The fourth-order valence-electron chi connectivity index (χ4n) is 6.30. The van der Waals surface area contributed by atoms with Gasteiger partial charge >= 0.3 is 0 Å². The van der Waals surface area contributed by atoms with Gasteiger partial charge in [-0.3, -0.25) is 0 Å². The van der Waals surface area contributed by atoms with Crippen LogP contribution < -0.4 is 0 Å². The van der Waals surface area contributed by atoms with Crippen molar-refractivity contribution in [1.29, 1.82) is 0 Å². The van der Waals surface area contributed by atoms with Crippen molar-refractivity contribution in [3.05, 3.63) is 23.3 Å². The first-order valence-electron chi connectivity index (χ1n) is 13.4. The first kappa shape index (κ1) is 27.6. The second kappa shape index (κ2) is 12.2. The number of hydrogen-bond donors (Lipinski definition) is 3. The van der Waals surface area contributed by atoms with Crippen LogP contribution in [0.25, 0.3) is 0 Å². The average Bonchev–Trinajstić information content (AvgIpc) is 2.72. The Bertz CT molecular complexity index is 629. The van der Waals surface area contributed by atoms with Gasteiger partial charge in [0, 0.05) is 6.61 Å². The zero-order valence-electron chi connectivity index (χ0n) is 21.9. The fraction of sp³-hybridized carbons (Fsp3) is 0.862. The Balaban J connectivity index is 1.99. The molecule has 32 heavy (non-hydrogen) atoms. The molecule has 2 rings (SSSR count). The van der Waals surface area contributed by atoms with Crippen LogP contribution in [-0.4, -0.2) is 33.6 Å². The molecular formula is C29H52O3. The molecule has 0 radical (unpaired) electrons. The smallest absolute Gasteiger partial charge is 0.0605 e. The van der Waals surface area contributed by atoms with Gasteiger partial charge in [0.15, 0.2) is 0 Å². The highest BCUT2D eigenvalue weighted by molar-refractivity contribution is 5.24. The van der Waals surface area contributed by atoms with E-state index in [1.165, 1.54) is 31.3 Å². The first-order valence-corrected chi connectivity index (χ1v) is 13.4. The molecule has 6 atom stereocenters. The van der Waals surface area contributed by atoms with E-state index in [0.29, 0.717) is 29.1 Å². The van der Waals surface area contributed by atoms with Crippen LogP contribution in [0.15, 0.2) is 23.3 Å². The van der Waals surface area contributed by atoms with E-state index in [0.717, 1.165) is 44.9 Å². The summed E-state index contributed by atoms with van der Waals surface area (Å²) in [4.78, 5) is 0. The van der Waals surface area contributed by atoms with Crippen molar-refractivity contribution in [3.63, 3.8) is 0 Å². The zero-order valence-corrected chi connectivity index (χ0v) is 21.9. The third kappa shape index (κ3) is 7.71. The Morgan fingerprint density at radius 3 is 2.50 bits per heavy atom. The monoisotopic (exact) mass is 448 g/mol. The van der Waals surface area contributed by atoms with E-state index in [9.17, 15) is 10.2 Å². The zero-order chi connectivity index (χ0) is 23.9. The first-order chi connectivity index (χ1) is 15.0. The van der Waals surface area contributed by atoms with E-state index in [1.54, 1.807) is 5.57 Å². The number of hydrogen-bond acceptors (Lipinski definition) is 3. The van der Waals surface area contributed by atoms with E-state index >= 15 is 0 Å². The van der Waals surface area contributed by atoms with Crippen molar-refractivity contribution in [2.45, 2.75) is 124 Å². The number of aliphatic hydroxyl groups excluding tert-OH is 2. The molecule has 0 amide bonds. The van der Waals surface area contributed by atoms with Crippen molar-refractivity contribution in [2.24, 2.45) is 29.1 Å². The molecule has 3 heteroatoms. The lowest BCUT2D eigenvalue weighted by Gasteiger charge is -2.48. The molecule has 0 aromatic carbocycles. The van der Waals surface area contributed by atoms with Crippen molar-refractivity contribution in [1.82, 2.24) is 0 Å². The number of rotatable bonds is 10. The maximum absolute atomic E-state index is 10.5. The molecule has 0 bridgehead atoms. The molecule has 0 saturated heterocycles. The van der Waals surface area contributed by atoms with Gasteiger partial charge in [-0.05, 0) is 101 Å². The quantitative estimate of drug-likeness (QED) is 0.344. The summed E-state index contributed by atoms with van der Waals surface area (Å²) < 4.78 is 0. The largest absolute Gasteiger partial charge is 0.396 e. The molecule has 2 fully saturated rings. The molecule has 2 aliphatic carbocycles. The standard InChI is InChI=1S/C29H52O3/c1-21(10-7-17-28(4,5)32)22(2)29(6)18-8-11-25(23(29)3)15-13-24-14-16-26(12-9-19-30)27(31)20-24/h13,15,21-23,26-27,30-32H,7-12,14,16-20H2,1-6H3/b24-13-,25-15+/t21-,22?,23?,26?,27?,29?/m1/s1. The van der Waals surface area contributed by atoms with Gasteiger partial charge in [0.2, 0.25) is 0 Å². The minimum atomic E-state index is -0.556. The Hall–Kier alpha value is -0.640. The lowest BCUT2D eigenvalue weighted by atomic mass is 9.57. The SMILES string of the molecule is CC1/C(=C/C=C2/CCC(CCCO)C(O)C2)CCCC1(C)C(C)[C@H](C)CCCC(C)(C)O. The van der Waals surface area contributed by atoms with Crippen LogP contribution in [0.1, 0.15) is 112 Å². The molecule has 5 unspecified atom stereocenters. The van der Waals surface area contributed by atoms with Gasteiger partial charge in [0.05, 0.1) is 11.7 Å². The highest BCUT2D eigenvalue weighted by atomic mass is 16.3. The van der Waals surface area contributed by atoms with Crippen molar-refractivity contribution < 1.29 is 15.3 Å². The third-order valence-corrected chi connectivity index (χ3v) is 9.19. The van der Waals surface area contributed by atoms with Gasteiger partial charge in [-0.25, -0.2) is 0 Å². The van der Waals surface area contributed by atoms with E-state index in [1.807, 2.05) is 13.8 Å². The highest BCUT2D eigenvalue weighted by Crippen LogP contribution is 2.51. The Labute approximate surface area is 198 Å². The summed E-state index contributed by atoms with van der Waals surface area (Å²) in [6, 6.07) is 0. The fourth-order valence-corrected chi connectivity index (χ4v) is 6.30. The topological polar surface area (TPSA) is 60.7 Å². The molecular weight excluding hydrogens is 396 g/mol. The Kier molecular flexibility index (Phi) is 10.5. The van der Waals surface area contributed by atoms with Gasteiger partial charge in [-0.1, -0.05) is 63.8 Å². The summed E-state index contributed by atoms with van der Waals surface area (Å²) in [5.74, 6) is 2.24. The van der Waals surface area contributed by atoms with Crippen LogP contribution in [0.4, 0.5) is 0 Å². The average molecular weight is 449 g/mol. The van der Waals surface area contributed by atoms with Crippen LogP contribution in [0.3, 0.4) is 0 Å². The molecule has 3 N–H and O–H groups in total. The van der Waals surface area contributed by atoms with E-state index < -0.39 is 5.60 Å². The van der Waals surface area contributed by atoms with E-state index in [4.69, 9.17) is 5.11 Å². The molecule has 3 nitrogen and oxygen atoms in total. The normalized spacial score (nSPS) is 34.1. The minimum absolute atomic E-state index is 0.227. The Morgan fingerprint density at radius 2 is 1.88 bits per heavy atom. The second-order valence-electron chi connectivity index (χ2n) is 12.1. The van der Waals surface area contributed by atoms with Crippen LogP contribution in [0.2, 0.25) is 0 Å². The molecule has 0 spiro atoms. The van der Waals surface area contributed by atoms with Gasteiger partial charge in [0.1, 0.15) is 0 Å². The minimum Gasteiger partial charge on any atom is -0.396 e. The molecule has 0 aromatic rings. The summed E-state index contributed by atoms with van der Waals surface area (Å²) in [7, 11) is 0. The summed E-state index contributed by atoms with van der Waals surface area (Å²) in [6.07, 6.45) is 16.0. The molecule has 2 aliphatic rings. The Morgan fingerprint density at radius 1 is 1.16 bits per heavy atom. The lowest BCUT2D eigenvalue weighted by molar-refractivity contribution is 0.0470. The van der Waals surface area contributed by atoms with Gasteiger partial charge in [-0.15, -0.1) is 0 Å². The van der Waals surface area contributed by atoms with Crippen LogP contribution >= 0.6 is 0 Å². The van der Waals surface area contributed by atoms with Gasteiger partial charge in [0.25, 0.3) is 0 Å². The summed E-state index contributed by atoms with van der Waals surface area (Å²) in [5.41, 5.74) is 2.73. The molecule has 186 valence electrons. The van der Waals surface area contributed by atoms with E-state index in [-0.39, 0.29) is 12.7 Å². The molecule has 0 aliphatic heterocycles. The van der Waals surface area contributed by atoms with Crippen molar-refractivity contribution in [3.8, 4) is 0 Å². The van der Waals surface area contributed by atoms with Gasteiger partial charge < -0.3 is 15.3 Å². The van der Waals surface area contributed by atoms with Crippen LogP contribution in [0, 0.1) is 29.1 Å². The maximum atomic E-state index is 10.5. The second-order valence-corrected chi connectivity index (χ2v) is 12.1. The number of aliphatic hydroxyl groups is 3. The maximum Gasteiger partial charge on any atom is 0.0605 e. The molecule has 0 aromatic heterocycles. The van der Waals surface area contributed by atoms with E-state index in [2.05, 4.69) is 39.8 Å². The van der Waals surface area contributed by atoms with Crippen LogP contribution in [0.5, 0.6) is 0 Å². The van der Waals surface area contributed by atoms with Crippen LogP contribution in [-0.2, 0) is 0 Å². The summed E-state index contributed by atoms with van der Waals surface area (Å²) in [5, 5.41) is 29.6.